The lowest BCUT2D eigenvalue weighted by molar-refractivity contribution is -0.121. The fraction of sp³-hybridized carbons (Fsp3) is 0.263. The van der Waals surface area contributed by atoms with E-state index in [4.69, 9.17) is 9.15 Å². The molecule has 0 spiro atoms. The highest BCUT2D eigenvalue weighted by Crippen LogP contribution is 2.17. The van der Waals surface area contributed by atoms with Gasteiger partial charge < -0.3 is 14.5 Å². The summed E-state index contributed by atoms with van der Waals surface area (Å²) in [6.07, 6.45) is 1.16. The topological polar surface area (TPSA) is 64.4 Å². The minimum atomic E-state index is 0.0299. The first kappa shape index (κ1) is 16.1. The van der Waals surface area contributed by atoms with E-state index in [2.05, 4.69) is 10.3 Å². The van der Waals surface area contributed by atoms with E-state index in [-0.39, 0.29) is 5.91 Å². The van der Waals surface area contributed by atoms with Gasteiger partial charge in [-0.05, 0) is 41.8 Å². The van der Waals surface area contributed by atoms with Crippen LogP contribution in [0.3, 0.4) is 0 Å². The molecule has 0 aliphatic carbocycles. The van der Waals surface area contributed by atoms with Crippen molar-refractivity contribution in [3.8, 4) is 5.75 Å². The predicted molar refractivity (Wildman–Crippen MR) is 91.9 cm³/mol. The molecule has 124 valence electrons. The summed E-state index contributed by atoms with van der Waals surface area (Å²) in [5.74, 6) is 1.50. The normalized spacial score (nSPS) is 10.8. The number of oxazole rings is 1. The van der Waals surface area contributed by atoms with Gasteiger partial charge in [0.2, 0.25) is 5.91 Å². The monoisotopic (exact) mass is 324 g/mol. The van der Waals surface area contributed by atoms with Crippen LogP contribution < -0.4 is 10.1 Å². The van der Waals surface area contributed by atoms with E-state index in [1.807, 2.05) is 49.4 Å². The number of aryl methyl sites for hydroxylation is 2. The van der Waals surface area contributed by atoms with Crippen molar-refractivity contribution in [3.05, 3.63) is 59.5 Å². The SMILES string of the molecule is COc1ccc(CCC(=O)NCc2ccc3oc(C)nc3c2)cc1. The fourth-order valence-corrected chi connectivity index (χ4v) is 2.54. The molecular weight excluding hydrogens is 304 g/mol. The smallest absolute Gasteiger partial charge is 0.220 e. The quantitative estimate of drug-likeness (QED) is 0.755. The van der Waals surface area contributed by atoms with Crippen LogP contribution in [0, 0.1) is 6.92 Å². The van der Waals surface area contributed by atoms with Crippen LogP contribution in [0.4, 0.5) is 0 Å². The number of hydrogen-bond acceptors (Lipinski definition) is 4. The van der Waals surface area contributed by atoms with Crippen molar-refractivity contribution in [1.82, 2.24) is 10.3 Å². The fourth-order valence-electron chi connectivity index (χ4n) is 2.54. The molecule has 1 amide bonds. The summed E-state index contributed by atoms with van der Waals surface area (Å²) in [5.41, 5.74) is 3.71. The van der Waals surface area contributed by atoms with E-state index in [0.717, 1.165) is 28.0 Å². The summed E-state index contributed by atoms with van der Waals surface area (Å²) in [5, 5.41) is 2.94. The van der Waals surface area contributed by atoms with E-state index < -0.39 is 0 Å². The summed E-state index contributed by atoms with van der Waals surface area (Å²) in [6.45, 7) is 2.31. The van der Waals surface area contributed by atoms with Gasteiger partial charge in [0.1, 0.15) is 11.3 Å². The molecule has 2 aromatic carbocycles. The molecule has 0 bridgehead atoms. The number of amides is 1. The van der Waals surface area contributed by atoms with Gasteiger partial charge >= 0.3 is 0 Å². The molecule has 3 aromatic rings. The lowest BCUT2D eigenvalue weighted by atomic mass is 10.1. The number of methoxy groups -OCH3 is 1. The first-order valence-electron chi connectivity index (χ1n) is 7.90. The molecule has 0 saturated carbocycles. The van der Waals surface area contributed by atoms with Crippen molar-refractivity contribution in [2.24, 2.45) is 0 Å². The zero-order valence-electron chi connectivity index (χ0n) is 13.8. The molecule has 1 N–H and O–H groups in total. The van der Waals surface area contributed by atoms with Gasteiger partial charge in [-0.3, -0.25) is 4.79 Å². The number of carbonyl (C=O) groups is 1. The number of rotatable bonds is 6. The Hall–Kier alpha value is -2.82. The van der Waals surface area contributed by atoms with Crippen LogP contribution in [0.1, 0.15) is 23.4 Å². The summed E-state index contributed by atoms with van der Waals surface area (Å²) in [7, 11) is 1.64. The van der Waals surface area contributed by atoms with Gasteiger partial charge in [0.15, 0.2) is 11.5 Å². The van der Waals surface area contributed by atoms with Crippen molar-refractivity contribution in [2.75, 3.05) is 7.11 Å². The lowest BCUT2D eigenvalue weighted by Crippen LogP contribution is -2.22. The van der Waals surface area contributed by atoms with Crippen LogP contribution in [-0.2, 0) is 17.8 Å². The minimum absolute atomic E-state index is 0.0299. The molecular formula is C19H20N2O3. The Bertz CT molecular complexity index is 837. The molecule has 5 nitrogen and oxygen atoms in total. The van der Waals surface area contributed by atoms with Gasteiger partial charge in [-0.25, -0.2) is 4.98 Å². The Morgan fingerprint density at radius 1 is 1.17 bits per heavy atom. The zero-order chi connectivity index (χ0) is 16.9. The lowest BCUT2D eigenvalue weighted by Gasteiger charge is -2.06. The molecule has 3 rings (SSSR count). The Morgan fingerprint density at radius 3 is 2.67 bits per heavy atom. The summed E-state index contributed by atoms with van der Waals surface area (Å²) >= 11 is 0. The molecule has 0 aliphatic heterocycles. The Labute approximate surface area is 140 Å². The molecule has 24 heavy (non-hydrogen) atoms. The van der Waals surface area contributed by atoms with Crippen LogP contribution in [0.15, 0.2) is 46.9 Å². The van der Waals surface area contributed by atoms with E-state index in [0.29, 0.717) is 25.3 Å². The largest absolute Gasteiger partial charge is 0.497 e. The molecule has 1 aromatic heterocycles. The van der Waals surface area contributed by atoms with E-state index in [9.17, 15) is 4.79 Å². The van der Waals surface area contributed by atoms with Gasteiger partial charge in [-0.15, -0.1) is 0 Å². The summed E-state index contributed by atoms with van der Waals surface area (Å²) in [4.78, 5) is 16.3. The third kappa shape index (κ3) is 3.93. The predicted octanol–water partition coefficient (Wildman–Crippen LogP) is 3.39. The molecule has 0 fully saturated rings. The number of benzene rings is 2. The standard InChI is InChI=1S/C19H20N2O3/c1-13-21-17-11-15(5-9-18(17)24-13)12-20-19(22)10-6-14-3-7-16(23-2)8-4-14/h3-5,7-9,11H,6,10,12H2,1-2H3,(H,20,22). The minimum Gasteiger partial charge on any atom is -0.497 e. The molecule has 1 heterocycles. The Morgan fingerprint density at radius 2 is 1.92 bits per heavy atom. The molecule has 0 aliphatic rings. The Kier molecular flexibility index (Phi) is 4.79. The highest BCUT2D eigenvalue weighted by Gasteiger charge is 2.06. The first-order chi connectivity index (χ1) is 11.6. The summed E-state index contributed by atoms with van der Waals surface area (Å²) < 4.78 is 10.6. The van der Waals surface area contributed by atoms with Gasteiger partial charge in [0, 0.05) is 19.9 Å². The Balaban J connectivity index is 1.50. The third-order valence-corrected chi connectivity index (χ3v) is 3.85. The van der Waals surface area contributed by atoms with Crippen molar-refractivity contribution in [3.63, 3.8) is 0 Å². The molecule has 0 radical (unpaired) electrons. The maximum atomic E-state index is 12.0. The average molecular weight is 324 g/mol. The van der Waals surface area contributed by atoms with Gasteiger partial charge in [-0.1, -0.05) is 18.2 Å². The molecule has 0 saturated heterocycles. The first-order valence-corrected chi connectivity index (χ1v) is 7.90. The second kappa shape index (κ2) is 7.17. The van der Waals surface area contributed by atoms with E-state index >= 15 is 0 Å². The maximum Gasteiger partial charge on any atom is 0.220 e. The molecule has 5 heteroatoms. The number of hydrogen-bond donors (Lipinski definition) is 1. The van der Waals surface area contributed by atoms with E-state index in [1.165, 1.54) is 0 Å². The van der Waals surface area contributed by atoms with Crippen molar-refractivity contribution < 1.29 is 13.9 Å². The van der Waals surface area contributed by atoms with Crippen molar-refractivity contribution >= 4 is 17.0 Å². The molecule has 0 atom stereocenters. The molecule has 0 unspecified atom stereocenters. The number of aromatic nitrogens is 1. The number of nitrogens with one attached hydrogen (secondary N) is 1. The average Bonchev–Trinajstić information content (AvgIpc) is 2.97. The van der Waals surface area contributed by atoms with Gasteiger partial charge in [-0.2, -0.15) is 0 Å². The van der Waals surface area contributed by atoms with Crippen LogP contribution >= 0.6 is 0 Å². The summed E-state index contributed by atoms with van der Waals surface area (Å²) in [6, 6.07) is 13.5. The zero-order valence-corrected chi connectivity index (χ0v) is 13.8. The highest BCUT2D eigenvalue weighted by molar-refractivity contribution is 5.77. The van der Waals surface area contributed by atoms with Crippen LogP contribution in [0.25, 0.3) is 11.1 Å². The van der Waals surface area contributed by atoms with Crippen molar-refractivity contribution in [2.45, 2.75) is 26.3 Å². The van der Waals surface area contributed by atoms with Crippen LogP contribution in [0.2, 0.25) is 0 Å². The number of fused-ring (bicyclic) bond motifs is 1. The van der Waals surface area contributed by atoms with E-state index in [1.54, 1.807) is 7.11 Å². The number of ether oxygens (including phenoxy) is 1. The van der Waals surface area contributed by atoms with Gasteiger partial charge in [0.25, 0.3) is 0 Å². The second-order valence-electron chi connectivity index (χ2n) is 5.66. The van der Waals surface area contributed by atoms with Crippen LogP contribution in [-0.4, -0.2) is 18.0 Å². The van der Waals surface area contributed by atoms with Crippen molar-refractivity contribution in [1.29, 1.82) is 0 Å². The van der Waals surface area contributed by atoms with Crippen LogP contribution in [0.5, 0.6) is 5.75 Å². The third-order valence-electron chi connectivity index (χ3n) is 3.85. The highest BCUT2D eigenvalue weighted by atomic mass is 16.5. The van der Waals surface area contributed by atoms with Gasteiger partial charge in [0.05, 0.1) is 7.11 Å². The number of nitrogens with zero attached hydrogens (tertiary/aromatic N) is 1. The second-order valence-corrected chi connectivity index (χ2v) is 5.66. The maximum absolute atomic E-state index is 12.0. The number of carbonyl (C=O) groups excluding carboxylic acids is 1.